The number of imidazole rings is 1. The summed E-state index contributed by atoms with van der Waals surface area (Å²) in [6, 6.07) is 10.6. The molecule has 1 saturated heterocycles. The zero-order valence-corrected chi connectivity index (χ0v) is 17.7. The first-order valence-electron chi connectivity index (χ1n) is 10.3. The summed E-state index contributed by atoms with van der Waals surface area (Å²) in [6.45, 7) is 0.725. The van der Waals surface area contributed by atoms with Crippen LogP contribution in [0.4, 0.5) is 8.78 Å². The highest BCUT2D eigenvalue weighted by molar-refractivity contribution is 5.94. The molecule has 2 N–H and O–H groups in total. The second-order valence-corrected chi connectivity index (χ2v) is 8.06. The molecular formula is C23H19F2N7O. The number of halogens is 2. The summed E-state index contributed by atoms with van der Waals surface area (Å²) in [5, 5.41) is 14.1. The van der Waals surface area contributed by atoms with Gasteiger partial charge in [-0.15, -0.1) is 0 Å². The van der Waals surface area contributed by atoms with E-state index >= 15 is 4.39 Å². The van der Waals surface area contributed by atoms with Crippen molar-refractivity contribution in [2.75, 3.05) is 13.1 Å². The lowest BCUT2D eigenvalue weighted by Crippen LogP contribution is -2.32. The standard InChI is InChI=1S/C23H19F2N7O/c1-30-11-15-8-17(4-5-19(15)29-30)32-21(25)20(23(33)31-7-6-16(27)12-31)28-22(32)13-2-3-14(10-26)18(24)9-13/h2-5,8-9,11,16H,6-7,12,27H2,1H3/t16-/m0/s1. The lowest BCUT2D eigenvalue weighted by molar-refractivity contribution is 0.0780. The summed E-state index contributed by atoms with van der Waals surface area (Å²) >= 11 is 0. The van der Waals surface area contributed by atoms with Crippen LogP contribution in [-0.4, -0.2) is 49.3 Å². The molecule has 0 aliphatic carbocycles. The maximum absolute atomic E-state index is 15.8. The highest BCUT2D eigenvalue weighted by Crippen LogP contribution is 2.29. The fraction of sp³-hybridized carbons (Fsp3) is 0.217. The lowest BCUT2D eigenvalue weighted by Gasteiger charge is -2.14. The number of nitrogens with zero attached hydrogens (tertiary/aromatic N) is 6. The molecule has 1 fully saturated rings. The van der Waals surface area contributed by atoms with Crippen LogP contribution < -0.4 is 5.73 Å². The second kappa shape index (κ2) is 7.79. The van der Waals surface area contributed by atoms with E-state index in [9.17, 15) is 9.18 Å². The van der Waals surface area contributed by atoms with E-state index in [1.54, 1.807) is 42.2 Å². The van der Waals surface area contributed by atoms with E-state index in [4.69, 9.17) is 11.0 Å². The van der Waals surface area contributed by atoms with Crippen LogP contribution in [0.5, 0.6) is 0 Å². The third-order valence-electron chi connectivity index (χ3n) is 5.74. The number of carbonyl (C=O) groups is 1. The predicted octanol–water partition coefficient (Wildman–Crippen LogP) is 2.75. The number of aromatic nitrogens is 4. The molecule has 4 aromatic rings. The van der Waals surface area contributed by atoms with Gasteiger partial charge in [-0.1, -0.05) is 0 Å². The zero-order chi connectivity index (χ0) is 23.3. The van der Waals surface area contributed by atoms with Crippen LogP contribution in [0.1, 0.15) is 22.5 Å². The van der Waals surface area contributed by atoms with E-state index in [2.05, 4.69) is 10.1 Å². The Morgan fingerprint density at radius 1 is 1.24 bits per heavy atom. The molecule has 0 unspecified atom stereocenters. The van der Waals surface area contributed by atoms with Gasteiger partial charge in [0.15, 0.2) is 5.69 Å². The first kappa shape index (κ1) is 20.8. The monoisotopic (exact) mass is 447 g/mol. The Hall–Kier alpha value is -4.10. The van der Waals surface area contributed by atoms with Crippen molar-refractivity contribution >= 4 is 16.8 Å². The molecule has 1 atom stereocenters. The van der Waals surface area contributed by atoms with Gasteiger partial charge in [0.1, 0.15) is 17.7 Å². The first-order chi connectivity index (χ1) is 15.9. The van der Waals surface area contributed by atoms with Crippen molar-refractivity contribution in [3.63, 3.8) is 0 Å². The van der Waals surface area contributed by atoms with Crippen molar-refractivity contribution in [2.45, 2.75) is 12.5 Å². The summed E-state index contributed by atoms with van der Waals surface area (Å²) in [4.78, 5) is 18.8. The van der Waals surface area contributed by atoms with E-state index < -0.39 is 17.7 Å². The molecule has 5 rings (SSSR count). The summed E-state index contributed by atoms with van der Waals surface area (Å²) in [5.41, 5.74) is 6.75. The number of amides is 1. The third kappa shape index (κ3) is 3.52. The summed E-state index contributed by atoms with van der Waals surface area (Å²) in [5.74, 6) is -2.14. The van der Waals surface area contributed by atoms with E-state index in [1.807, 2.05) is 0 Å². The highest BCUT2D eigenvalue weighted by atomic mass is 19.1. The Balaban J connectivity index is 1.70. The number of nitrogens with two attached hydrogens (primary N) is 1. The molecule has 1 amide bonds. The van der Waals surface area contributed by atoms with Crippen LogP contribution in [0, 0.1) is 23.1 Å². The molecule has 1 aliphatic rings. The maximum atomic E-state index is 15.8. The Morgan fingerprint density at radius 3 is 2.76 bits per heavy atom. The lowest BCUT2D eigenvalue weighted by atomic mass is 10.1. The zero-order valence-electron chi connectivity index (χ0n) is 17.7. The molecule has 0 spiro atoms. The van der Waals surface area contributed by atoms with Crippen molar-refractivity contribution in [3.05, 3.63) is 65.6 Å². The van der Waals surface area contributed by atoms with E-state index in [0.717, 1.165) is 17.0 Å². The molecule has 0 saturated carbocycles. The van der Waals surface area contributed by atoms with Gasteiger partial charge in [0, 0.05) is 43.3 Å². The summed E-state index contributed by atoms with van der Waals surface area (Å²) < 4.78 is 33.0. The van der Waals surface area contributed by atoms with Crippen LogP contribution in [-0.2, 0) is 7.05 Å². The number of carbonyl (C=O) groups excluding carboxylic acids is 1. The molecule has 3 heterocycles. The number of nitriles is 1. The van der Waals surface area contributed by atoms with Gasteiger partial charge in [0.05, 0.1) is 16.8 Å². The Morgan fingerprint density at radius 2 is 2.06 bits per heavy atom. The van der Waals surface area contributed by atoms with Crippen molar-refractivity contribution in [2.24, 2.45) is 12.8 Å². The van der Waals surface area contributed by atoms with Crippen LogP contribution >= 0.6 is 0 Å². The number of hydrogen-bond donors (Lipinski definition) is 1. The van der Waals surface area contributed by atoms with E-state index in [-0.39, 0.29) is 28.7 Å². The minimum Gasteiger partial charge on any atom is -0.336 e. The topological polar surface area (TPSA) is 106 Å². The minimum absolute atomic E-state index is 0.0472. The number of rotatable bonds is 3. The molecule has 166 valence electrons. The molecule has 0 radical (unpaired) electrons. The van der Waals surface area contributed by atoms with Gasteiger partial charge in [0.25, 0.3) is 5.91 Å². The molecule has 33 heavy (non-hydrogen) atoms. The number of fused-ring (bicyclic) bond motifs is 1. The fourth-order valence-electron chi connectivity index (χ4n) is 4.11. The number of hydrogen-bond acceptors (Lipinski definition) is 5. The highest BCUT2D eigenvalue weighted by Gasteiger charge is 2.31. The largest absolute Gasteiger partial charge is 0.336 e. The predicted molar refractivity (Wildman–Crippen MR) is 116 cm³/mol. The molecule has 2 aromatic heterocycles. The van der Waals surface area contributed by atoms with Crippen molar-refractivity contribution in [3.8, 4) is 23.1 Å². The quantitative estimate of drug-likeness (QED) is 0.520. The van der Waals surface area contributed by atoms with Crippen molar-refractivity contribution in [1.29, 1.82) is 5.26 Å². The van der Waals surface area contributed by atoms with Crippen LogP contribution in [0.3, 0.4) is 0 Å². The minimum atomic E-state index is -0.858. The number of aryl methyl sites for hydroxylation is 1. The van der Waals surface area contributed by atoms with E-state index in [1.165, 1.54) is 21.6 Å². The van der Waals surface area contributed by atoms with Gasteiger partial charge >= 0.3 is 0 Å². The molecule has 10 heteroatoms. The fourth-order valence-corrected chi connectivity index (χ4v) is 4.11. The Labute approximate surface area is 187 Å². The summed E-state index contributed by atoms with van der Waals surface area (Å²) in [6.07, 6.45) is 2.41. The third-order valence-corrected chi connectivity index (χ3v) is 5.74. The van der Waals surface area contributed by atoms with Gasteiger partial charge in [-0.3, -0.25) is 14.0 Å². The van der Waals surface area contributed by atoms with Crippen LogP contribution in [0.15, 0.2) is 42.6 Å². The normalized spacial score (nSPS) is 15.8. The molecule has 8 nitrogen and oxygen atoms in total. The van der Waals surface area contributed by atoms with Gasteiger partial charge < -0.3 is 10.6 Å². The van der Waals surface area contributed by atoms with Gasteiger partial charge in [0.2, 0.25) is 5.95 Å². The van der Waals surface area contributed by atoms with Crippen molar-refractivity contribution < 1.29 is 13.6 Å². The van der Waals surface area contributed by atoms with Gasteiger partial charge in [-0.25, -0.2) is 9.37 Å². The molecular weight excluding hydrogens is 428 g/mol. The SMILES string of the molecule is Cn1cc2cc(-n3c(-c4ccc(C#N)c(F)c4)nc(C(=O)N4CC[C@H](N)C4)c3F)ccc2n1. The summed E-state index contributed by atoms with van der Waals surface area (Å²) in [7, 11) is 1.78. The average molecular weight is 447 g/mol. The smallest absolute Gasteiger partial charge is 0.277 e. The van der Waals surface area contributed by atoms with Crippen molar-refractivity contribution in [1.82, 2.24) is 24.2 Å². The molecule has 0 bridgehead atoms. The second-order valence-electron chi connectivity index (χ2n) is 8.06. The average Bonchev–Trinajstić information content (AvgIpc) is 3.48. The Kier molecular flexibility index (Phi) is 4.91. The Bertz CT molecular complexity index is 1450. The van der Waals surface area contributed by atoms with Gasteiger partial charge in [-0.05, 0) is 42.8 Å². The first-order valence-corrected chi connectivity index (χ1v) is 10.3. The number of likely N-dealkylation sites (tertiary alicyclic amines) is 1. The van der Waals surface area contributed by atoms with E-state index in [0.29, 0.717) is 25.2 Å². The van der Waals surface area contributed by atoms with Gasteiger partial charge in [-0.2, -0.15) is 14.8 Å². The van der Waals surface area contributed by atoms with Crippen LogP contribution in [0.25, 0.3) is 28.0 Å². The maximum Gasteiger partial charge on any atom is 0.277 e. The molecule has 2 aromatic carbocycles. The number of benzene rings is 2. The van der Waals surface area contributed by atoms with Crippen LogP contribution in [0.2, 0.25) is 0 Å². The molecule has 1 aliphatic heterocycles.